The summed E-state index contributed by atoms with van der Waals surface area (Å²) in [6, 6.07) is 0. The van der Waals surface area contributed by atoms with Crippen LogP contribution in [0.2, 0.25) is 0 Å². The van der Waals surface area contributed by atoms with Gasteiger partial charge in [0, 0.05) is 17.9 Å². The Morgan fingerprint density at radius 1 is 0.630 bits per heavy atom. The van der Waals surface area contributed by atoms with Gasteiger partial charge in [-0.05, 0) is 56.1 Å². The fourth-order valence-corrected chi connectivity index (χ4v) is 5.32. The number of unbranched alkanes of at least 4 members (excludes halogenated alkanes) is 11. The molecule has 0 bridgehead atoms. The topological polar surface area (TPSA) is 28.8 Å². The summed E-state index contributed by atoms with van der Waals surface area (Å²) in [4.78, 5) is 0. The molecule has 0 spiro atoms. The van der Waals surface area contributed by atoms with Crippen LogP contribution in [0, 0.1) is 5.41 Å². The Morgan fingerprint density at radius 2 is 1.07 bits per heavy atom. The summed E-state index contributed by atoms with van der Waals surface area (Å²) < 4.78 is 2.67. The molecular weight excluding hydrogens is 328 g/mol. The number of pyridine rings is 1. The lowest BCUT2D eigenvalue weighted by Crippen LogP contribution is -2.22. The summed E-state index contributed by atoms with van der Waals surface area (Å²) in [7, 11) is 0. The predicted molar refractivity (Wildman–Crippen MR) is 115 cm³/mol. The number of nitrogens with one attached hydrogen (secondary N) is 1. The van der Waals surface area contributed by atoms with Crippen LogP contribution in [0.15, 0.2) is 0 Å². The van der Waals surface area contributed by atoms with Crippen LogP contribution in [0.5, 0.6) is 0 Å². The molecule has 0 aliphatic heterocycles. The van der Waals surface area contributed by atoms with Crippen LogP contribution in [-0.4, -0.2) is 4.57 Å². The Balaban J connectivity index is 1.33. The molecule has 152 valence electrons. The van der Waals surface area contributed by atoms with Gasteiger partial charge in [-0.1, -0.05) is 77.6 Å². The number of hydrogen-bond acceptors (Lipinski definition) is 1. The van der Waals surface area contributed by atoms with E-state index in [0.717, 1.165) is 18.2 Å². The SMILES string of the molecule is CCCCCCCCCCCCCCn1c2c(c(=N)c3c1CCC3)CCC2. The molecule has 2 aliphatic carbocycles. The molecule has 0 radical (unpaired) electrons. The first-order valence-electron chi connectivity index (χ1n) is 12.1. The van der Waals surface area contributed by atoms with E-state index in [1.165, 1.54) is 132 Å². The average Bonchev–Trinajstić information content (AvgIpc) is 3.35. The smallest absolute Gasteiger partial charge is 0.0638 e. The standard InChI is InChI=1S/C25H42N2/c1-2-3-4-5-6-7-8-9-10-11-12-13-20-27-23-18-14-16-21(23)25(26)22-17-15-19-24(22)27/h26H,2-20H2,1H3. The van der Waals surface area contributed by atoms with Gasteiger partial charge in [0.05, 0.1) is 5.36 Å². The number of nitrogens with zero attached hydrogens (tertiary/aromatic N) is 1. The maximum atomic E-state index is 8.56. The Bertz CT molecular complexity index is 602. The molecule has 0 atom stereocenters. The van der Waals surface area contributed by atoms with Crippen molar-refractivity contribution in [3.63, 3.8) is 0 Å². The maximum Gasteiger partial charge on any atom is 0.0638 e. The minimum Gasteiger partial charge on any atom is -0.348 e. The van der Waals surface area contributed by atoms with E-state index in [9.17, 15) is 0 Å². The molecule has 1 N–H and O–H groups in total. The zero-order chi connectivity index (χ0) is 18.9. The van der Waals surface area contributed by atoms with Gasteiger partial charge in [0.15, 0.2) is 0 Å². The summed E-state index contributed by atoms with van der Waals surface area (Å²) >= 11 is 0. The first-order valence-corrected chi connectivity index (χ1v) is 12.1. The van der Waals surface area contributed by atoms with Crippen molar-refractivity contribution >= 4 is 0 Å². The number of hydrogen-bond donors (Lipinski definition) is 1. The second-order valence-corrected chi connectivity index (χ2v) is 8.97. The van der Waals surface area contributed by atoms with Crippen LogP contribution in [0.25, 0.3) is 0 Å². The maximum absolute atomic E-state index is 8.56. The van der Waals surface area contributed by atoms with E-state index in [4.69, 9.17) is 5.41 Å². The zero-order valence-electron chi connectivity index (χ0n) is 17.9. The average molecular weight is 371 g/mol. The number of fused-ring (bicyclic) bond motifs is 2. The van der Waals surface area contributed by atoms with Gasteiger partial charge in [0.2, 0.25) is 0 Å². The Hall–Kier alpha value is -1.05. The van der Waals surface area contributed by atoms with E-state index in [1.807, 2.05) is 0 Å². The van der Waals surface area contributed by atoms with Gasteiger partial charge in [-0.15, -0.1) is 0 Å². The molecular formula is C25H42N2. The molecule has 2 nitrogen and oxygen atoms in total. The minimum atomic E-state index is 0.918. The Morgan fingerprint density at radius 3 is 1.56 bits per heavy atom. The monoisotopic (exact) mass is 370 g/mol. The Kier molecular flexibility index (Phi) is 8.48. The quantitative estimate of drug-likeness (QED) is 0.377. The molecule has 3 rings (SSSR count). The van der Waals surface area contributed by atoms with Crippen LogP contribution < -0.4 is 5.36 Å². The van der Waals surface area contributed by atoms with Crippen LogP contribution in [0.1, 0.15) is 119 Å². The van der Waals surface area contributed by atoms with Crippen LogP contribution in [0.3, 0.4) is 0 Å². The van der Waals surface area contributed by atoms with Crippen molar-refractivity contribution in [2.24, 2.45) is 0 Å². The van der Waals surface area contributed by atoms with E-state index in [-0.39, 0.29) is 0 Å². The van der Waals surface area contributed by atoms with Crippen molar-refractivity contribution in [2.45, 2.75) is 129 Å². The lowest BCUT2D eigenvalue weighted by Gasteiger charge is -2.19. The molecule has 0 fully saturated rings. The predicted octanol–water partition coefficient (Wildman–Crippen LogP) is 6.65. The zero-order valence-corrected chi connectivity index (χ0v) is 17.9. The number of aromatic nitrogens is 1. The molecule has 2 heteroatoms. The van der Waals surface area contributed by atoms with Crippen molar-refractivity contribution < 1.29 is 0 Å². The van der Waals surface area contributed by atoms with E-state index >= 15 is 0 Å². The van der Waals surface area contributed by atoms with Crippen molar-refractivity contribution in [1.82, 2.24) is 4.57 Å². The van der Waals surface area contributed by atoms with Gasteiger partial charge in [-0.3, -0.25) is 0 Å². The summed E-state index contributed by atoms with van der Waals surface area (Å²) in [5, 5.41) is 9.48. The fourth-order valence-electron chi connectivity index (χ4n) is 5.32. The van der Waals surface area contributed by atoms with Crippen molar-refractivity contribution in [3.8, 4) is 0 Å². The molecule has 1 aromatic rings. The van der Waals surface area contributed by atoms with Crippen LogP contribution >= 0.6 is 0 Å². The lowest BCUT2D eigenvalue weighted by atomic mass is 10.0. The van der Waals surface area contributed by atoms with E-state index in [0.29, 0.717) is 0 Å². The second kappa shape index (κ2) is 11.1. The summed E-state index contributed by atoms with van der Waals surface area (Å²) in [6.45, 7) is 3.51. The first-order chi connectivity index (χ1) is 13.3. The first kappa shape index (κ1) is 20.7. The van der Waals surface area contributed by atoms with Crippen LogP contribution in [-0.2, 0) is 32.2 Å². The third kappa shape index (κ3) is 5.48. The van der Waals surface area contributed by atoms with Gasteiger partial charge < -0.3 is 9.98 Å². The fraction of sp³-hybridized carbons (Fsp3) is 0.800. The normalized spacial score (nSPS) is 15.3. The lowest BCUT2D eigenvalue weighted by molar-refractivity contribution is 0.518. The second-order valence-electron chi connectivity index (χ2n) is 8.97. The summed E-state index contributed by atoms with van der Waals surface area (Å²) in [5.41, 5.74) is 5.86. The minimum absolute atomic E-state index is 0.918. The molecule has 1 heterocycles. The molecule has 2 aliphatic rings. The third-order valence-electron chi connectivity index (χ3n) is 6.87. The largest absolute Gasteiger partial charge is 0.348 e. The van der Waals surface area contributed by atoms with Crippen molar-refractivity contribution in [1.29, 1.82) is 5.41 Å². The summed E-state index contributed by atoms with van der Waals surface area (Å²) in [6.07, 6.45) is 24.3. The van der Waals surface area contributed by atoms with E-state index in [2.05, 4.69) is 11.5 Å². The van der Waals surface area contributed by atoms with Gasteiger partial charge in [-0.25, -0.2) is 0 Å². The third-order valence-corrected chi connectivity index (χ3v) is 6.87. The van der Waals surface area contributed by atoms with Gasteiger partial charge in [0.25, 0.3) is 0 Å². The molecule has 27 heavy (non-hydrogen) atoms. The highest BCUT2D eigenvalue weighted by molar-refractivity contribution is 5.36. The molecule has 0 unspecified atom stereocenters. The van der Waals surface area contributed by atoms with Crippen LogP contribution in [0.4, 0.5) is 0 Å². The highest BCUT2D eigenvalue weighted by atomic mass is 15.0. The van der Waals surface area contributed by atoms with Gasteiger partial charge in [-0.2, -0.15) is 0 Å². The van der Waals surface area contributed by atoms with Crippen molar-refractivity contribution in [3.05, 3.63) is 27.9 Å². The number of rotatable bonds is 13. The summed E-state index contributed by atoms with van der Waals surface area (Å²) in [5.74, 6) is 0. The Labute approximate surface area is 167 Å². The van der Waals surface area contributed by atoms with Gasteiger partial charge in [0.1, 0.15) is 0 Å². The van der Waals surface area contributed by atoms with E-state index < -0.39 is 0 Å². The van der Waals surface area contributed by atoms with Crippen molar-refractivity contribution in [2.75, 3.05) is 0 Å². The van der Waals surface area contributed by atoms with Gasteiger partial charge >= 0.3 is 0 Å². The molecule has 0 amide bonds. The highest BCUT2D eigenvalue weighted by Gasteiger charge is 2.24. The molecule has 0 saturated carbocycles. The van der Waals surface area contributed by atoms with E-state index in [1.54, 1.807) is 0 Å². The molecule has 0 saturated heterocycles. The molecule has 0 aromatic carbocycles. The molecule has 1 aromatic heterocycles. The highest BCUT2D eigenvalue weighted by Crippen LogP contribution is 2.28.